The lowest BCUT2D eigenvalue weighted by molar-refractivity contribution is 0.337. The van der Waals surface area contributed by atoms with Crippen molar-refractivity contribution in [2.24, 2.45) is 0 Å². The molecule has 3 rings (SSSR count). The lowest BCUT2D eigenvalue weighted by Crippen LogP contribution is -2.46. The van der Waals surface area contributed by atoms with E-state index in [0.29, 0.717) is 11.5 Å². The molecule has 0 amide bonds. The molecule has 0 radical (unpaired) electrons. The van der Waals surface area contributed by atoms with Gasteiger partial charge in [0.25, 0.3) is 0 Å². The van der Waals surface area contributed by atoms with Gasteiger partial charge >= 0.3 is 0 Å². The number of benzene rings is 1. The molecule has 21 heavy (non-hydrogen) atoms. The fraction of sp³-hybridized carbons (Fsp3) is 0.600. The summed E-state index contributed by atoms with van der Waals surface area (Å²) in [5.74, 6) is 0. The first kappa shape index (κ1) is 14.8. The Kier molecular flexibility index (Phi) is 4.80. The molecule has 1 saturated carbocycles. The monoisotopic (exact) mass is 283 g/mol. The van der Waals surface area contributed by atoms with Crippen molar-refractivity contribution in [1.29, 1.82) is 0 Å². The summed E-state index contributed by atoms with van der Waals surface area (Å²) in [4.78, 5) is 0. The van der Waals surface area contributed by atoms with E-state index in [4.69, 9.17) is 0 Å². The molecule has 0 saturated heterocycles. The lowest BCUT2D eigenvalue weighted by Gasteiger charge is -2.40. The molecule has 1 unspecified atom stereocenters. The van der Waals surface area contributed by atoms with Crippen LogP contribution in [0.25, 0.3) is 0 Å². The first-order chi connectivity index (χ1) is 10.4. The van der Waals surface area contributed by atoms with Crippen LogP contribution in [0.4, 0.5) is 0 Å². The van der Waals surface area contributed by atoms with Crippen LogP contribution in [-0.4, -0.2) is 13.1 Å². The Morgan fingerprint density at radius 1 is 0.952 bits per heavy atom. The van der Waals surface area contributed by atoms with Crippen LogP contribution in [-0.2, 0) is 5.41 Å². The summed E-state index contributed by atoms with van der Waals surface area (Å²) in [6.45, 7) is 0. The van der Waals surface area contributed by atoms with Crippen LogP contribution in [0.3, 0.4) is 0 Å². The Balaban J connectivity index is 1.96. The molecule has 1 heteroatoms. The van der Waals surface area contributed by atoms with Crippen molar-refractivity contribution in [2.45, 2.75) is 69.2 Å². The van der Waals surface area contributed by atoms with Crippen molar-refractivity contribution in [1.82, 2.24) is 5.32 Å². The van der Waals surface area contributed by atoms with Gasteiger partial charge in [-0.3, -0.25) is 0 Å². The Hall–Kier alpha value is -1.08. The van der Waals surface area contributed by atoms with E-state index in [1.165, 1.54) is 57.8 Å². The SMILES string of the molecule is CNC(C1=CCCCCC1)C1(c2ccccc2)CCCC1. The molecule has 0 spiro atoms. The Labute approximate surface area is 129 Å². The molecule has 2 aliphatic carbocycles. The number of nitrogens with one attached hydrogen (secondary N) is 1. The van der Waals surface area contributed by atoms with Crippen LogP contribution < -0.4 is 5.32 Å². The van der Waals surface area contributed by atoms with Crippen molar-refractivity contribution < 1.29 is 0 Å². The van der Waals surface area contributed by atoms with Gasteiger partial charge in [0.2, 0.25) is 0 Å². The van der Waals surface area contributed by atoms with Crippen molar-refractivity contribution in [2.75, 3.05) is 7.05 Å². The summed E-state index contributed by atoms with van der Waals surface area (Å²) >= 11 is 0. The van der Waals surface area contributed by atoms with Crippen LogP contribution >= 0.6 is 0 Å². The highest BCUT2D eigenvalue weighted by molar-refractivity contribution is 5.34. The Morgan fingerprint density at radius 3 is 2.43 bits per heavy atom. The molecular weight excluding hydrogens is 254 g/mol. The van der Waals surface area contributed by atoms with Gasteiger partial charge in [0.05, 0.1) is 0 Å². The summed E-state index contributed by atoms with van der Waals surface area (Å²) in [5.41, 5.74) is 3.55. The summed E-state index contributed by atoms with van der Waals surface area (Å²) in [6.07, 6.45) is 14.7. The van der Waals surface area contributed by atoms with E-state index >= 15 is 0 Å². The molecule has 1 aromatic carbocycles. The number of hydrogen-bond acceptors (Lipinski definition) is 1. The predicted molar refractivity (Wildman–Crippen MR) is 90.6 cm³/mol. The van der Waals surface area contributed by atoms with Gasteiger partial charge in [0.15, 0.2) is 0 Å². The van der Waals surface area contributed by atoms with E-state index in [1.807, 2.05) is 0 Å². The zero-order chi connectivity index (χ0) is 14.5. The smallest absolute Gasteiger partial charge is 0.0374 e. The van der Waals surface area contributed by atoms with Crippen LogP contribution in [0.15, 0.2) is 42.0 Å². The van der Waals surface area contributed by atoms with Gasteiger partial charge in [-0.25, -0.2) is 0 Å². The van der Waals surface area contributed by atoms with Crippen molar-refractivity contribution >= 4 is 0 Å². The quantitative estimate of drug-likeness (QED) is 0.769. The molecule has 0 bridgehead atoms. The second kappa shape index (κ2) is 6.79. The highest BCUT2D eigenvalue weighted by atomic mass is 14.9. The minimum Gasteiger partial charge on any atom is -0.313 e. The summed E-state index contributed by atoms with van der Waals surface area (Å²) in [5, 5.41) is 3.71. The average Bonchev–Trinajstić information content (AvgIpc) is 2.87. The zero-order valence-corrected chi connectivity index (χ0v) is 13.4. The van der Waals surface area contributed by atoms with E-state index in [0.717, 1.165) is 0 Å². The fourth-order valence-electron chi connectivity index (χ4n) is 4.64. The van der Waals surface area contributed by atoms with Gasteiger partial charge in [-0.15, -0.1) is 0 Å². The number of allylic oxidation sites excluding steroid dienone is 1. The Bertz CT molecular complexity index is 468. The molecule has 2 aliphatic rings. The maximum atomic E-state index is 3.71. The first-order valence-corrected chi connectivity index (χ1v) is 8.78. The molecule has 1 nitrogen and oxygen atoms in total. The summed E-state index contributed by atoms with van der Waals surface area (Å²) in [7, 11) is 2.17. The Morgan fingerprint density at radius 2 is 1.71 bits per heavy atom. The van der Waals surface area contributed by atoms with Crippen LogP contribution in [0.2, 0.25) is 0 Å². The normalized spacial score (nSPS) is 23.4. The van der Waals surface area contributed by atoms with Crippen LogP contribution in [0, 0.1) is 0 Å². The molecular formula is C20H29N. The highest BCUT2D eigenvalue weighted by Gasteiger charge is 2.43. The third-order valence-corrected chi connectivity index (χ3v) is 5.63. The van der Waals surface area contributed by atoms with Crippen molar-refractivity contribution in [3.8, 4) is 0 Å². The van der Waals surface area contributed by atoms with Crippen molar-refractivity contribution in [3.05, 3.63) is 47.5 Å². The van der Waals surface area contributed by atoms with E-state index in [1.54, 1.807) is 11.1 Å². The highest BCUT2D eigenvalue weighted by Crippen LogP contribution is 2.46. The third kappa shape index (κ3) is 2.94. The molecule has 0 aliphatic heterocycles. The predicted octanol–water partition coefficient (Wildman–Crippen LogP) is 4.98. The number of hydrogen-bond donors (Lipinski definition) is 1. The minimum absolute atomic E-state index is 0.326. The molecule has 1 N–H and O–H groups in total. The molecule has 0 heterocycles. The first-order valence-electron chi connectivity index (χ1n) is 8.78. The minimum atomic E-state index is 0.326. The lowest BCUT2D eigenvalue weighted by atomic mass is 9.69. The van der Waals surface area contributed by atoms with Crippen LogP contribution in [0.5, 0.6) is 0 Å². The standard InChI is InChI=1S/C20H29N/c1-21-19(17-11-5-2-3-6-12-17)20(15-9-10-16-20)18-13-7-4-8-14-18/h4,7-8,11,13-14,19,21H,2-3,5-6,9-10,12,15-16H2,1H3. The van der Waals surface area contributed by atoms with Gasteiger partial charge in [0, 0.05) is 11.5 Å². The molecule has 1 atom stereocenters. The van der Waals surface area contributed by atoms with E-state index in [2.05, 4.69) is 48.8 Å². The molecule has 0 aromatic heterocycles. The van der Waals surface area contributed by atoms with E-state index < -0.39 is 0 Å². The summed E-state index contributed by atoms with van der Waals surface area (Å²) < 4.78 is 0. The largest absolute Gasteiger partial charge is 0.313 e. The topological polar surface area (TPSA) is 12.0 Å². The van der Waals surface area contributed by atoms with Gasteiger partial charge in [-0.05, 0) is 51.1 Å². The third-order valence-electron chi connectivity index (χ3n) is 5.63. The van der Waals surface area contributed by atoms with Crippen molar-refractivity contribution in [3.63, 3.8) is 0 Å². The molecule has 114 valence electrons. The average molecular weight is 283 g/mol. The summed E-state index contributed by atoms with van der Waals surface area (Å²) in [6, 6.07) is 11.8. The van der Waals surface area contributed by atoms with E-state index in [-0.39, 0.29) is 0 Å². The number of rotatable bonds is 4. The second-order valence-electron chi connectivity index (χ2n) is 6.83. The molecule has 1 aromatic rings. The van der Waals surface area contributed by atoms with Gasteiger partial charge in [-0.2, -0.15) is 0 Å². The van der Waals surface area contributed by atoms with Gasteiger partial charge < -0.3 is 5.32 Å². The van der Waals surface area contributed by atoms with Gasteiger partial charge in [-0.1, -0.05) is 61.2 Å². The maximum Gasteiger partial charge on any atom is 0.0374 e. The van der Waals surface area contributed by atoms with E-state index in [9.17, 15) is 0 Å². The maximum absolute atomic E-state index is 3.71. The zero-order valence-electron chi connectivity index (χ0n) is 13.4. The van der Waals surface area contributed by atoms with Gasteiger partial charge in [0.1, 0.15) is 0 Å². The second-order valence-corrected chi connectivity index (χ2v) is 6.83. The number of likely N-dealkylation sites (N-methyl/N-ethyl adjacent to an activating group) is 1. The molecule has 1 fully saturated rings. The van der Waals surface area contributed by atoms with Crippen LogP contribution in [0.1, 0.15) is 63.4 Å². The fourth-order valence-corrected chi connectivity index (χ4v) is 4.64.